The highest BCUT2D eigenvalue weighted by Gasteiger charge is 2.40. The molecule has 2 fully saturated rings. The predicted molar refractivity (Wildman–Crippen MR) is 123 cm³/mol. The number of nitrogens with one attached hydrogen (secondary N) is 1. The van der Waals surface area contributed by atoms with Gasteiger partial charge in [-0.2, -0.15) is 4.98 Å². The molecule has 12 heteroatoms. The zero-order chi connectivity index (χ0) is 24.0. The van der Waals surface area contributed by atoms with Gasteiger partial charge in [-0.15, -0.1) is 0 Å². The fourth-order valence-corrected chi connectivity index (χ4v) is 5.78. The number of hydrogen-bond donors (Lipinski definition) is 3. The number of hydrogen-bond acceptors (Lipinski definition) is 8. The molecule has 2 aromatic rings. The van der Waals surface area contributed by atoms with E-state index in [1.165, 1.54) is 15.1 Å². The third-order valence-electron chi connectivity index (χ3n) is 6.66. The van der Waals surface area contributed by atoms with Gasteiger partial charge in [-0.3, -0.25) is 14.2 Å². The highest BCUT2D eigenvalue weighted by Crippen LogP contribution is 2.39. The highest BCUT2D eigenvalue weighted by atomic mass is 32.2. The molecule has 2 atom stereocenters. The summed E-state index contributed by atoms with van der Waals surface area (Å²) in [6, 6.07) is 1.09. The van der Waals surface area contributed by atoms with Crippen LogP contribution in [0.15, 0.2) is 17.1 Å². The maximum atomic E-state index is 13.3. The summed E-state index contributed by atoms with van der Waals surface area (Å²) < 4.78 is 26.4. The number of aromatic nitrogens is 3. The summed E-state index contributed by atoms with van der Waals surface area (Å²) in [5, 5.41) is 14.8. The van der Waals surface area contributed by atoms with Crippen LogP contribution >= 0.6 is 0 Å². The van der Waals surface area contributed by atoms with Gasteiger partial charge in [0.15, 0.2) is 0 Å². The number of rotatable bonds is 6. The quantitative estimate of drug-likeness (QED) is 0.528. The lowest BCUT2D eigenvalue weighted by atomic mass is 9.99. The molecular formula is C21H30N6O5S. The van der Waals surface area contributed by atoms with Crippen molar-refractivity contribution < 1.29 is 18.3 Å². The van der Waals surface area contributed by atoms with E-state index in [0.29, 0.717) is 55.8 Å². The molecule has 2 aromatic heterocycles. The summed E-state index contributed by atoms with van der Waals surface area (Å²) in [7, 11) is -3.22. The Balaban J connectivity index is 1.70. The van der Waals surface area contributed by atoms with Crippen LogP contribution in [0.1, 0.15) is 50.6 Å². The van der Waals surface area contributed by atoms with Crippen molar-refractivity contribution in [2.45, 2.75) is 63.1 Å². The Morgan fingerprint density at radius 2 is 2.03 bits per heavy atom. The van der Waals surface area contributed by atoms with E-state index in [0.717, 1.165) is 6.42 Å². The second kappa shape index (κ2) is 8.65. The van der Waals surface area contributed by atoms with Gasteiger partial charge in [-0.05, 0) is 45.1 Å². The molecule has 0 spiro atoms. The molecule has 0 bridgehead atoms. The zero-order valence-corrected chi connectivity index (χ0v) is 19.6. The Bertz CT molecular complexity index is 1230. The van der Waals surface area contributed by atoms with Gasteiger partial charge in [0.25, 0.3) is 5.56 Å². The van der Waals surface area contributed by atoms with E-state index in [-0.39, 0.29) is 23.6 Å². The van der Waals surface area contributed by atoms with Gasteiger partial charge in [0.1, 0.15) is 5.65 Å². The molecule has 11 nitrogen and oxygen atoms in total. The Morgan fingerprint density at radius 3 is 2.61 bits per heavy atom. The van der Waals surface area contributed by atoms with E-state index in [4.69, 9.17) is 5.73 Å². The molecule has 0 radical (unpaired) electrons. The number of aliphatic hydroxyl groups is 1. The number of piperidine rings is 1. The van der Waals surface area contributed by atoms with Crippen molar-refractivity contribution in [1.29, 1.82) is 0 Å². The molecule has 0 aromatic carbocycles. The Hall–Kier alpha value is -2.57. The van der Waals surface area contributed by atoms with Crippen LogP contribution in [0.25, 0.3) is 11.0 Å². The number of sulfonamides is 1. The number of anilines is 1. The minimum Gasteiger partial charge on any atom is -0.388 e. The molecule has 2 aliphatic rings. The number of amides is 1. The molecule has 4 N–H and O–H groups in total. The van der Waals surface area contributed by atoms with E-state index < -0.39 is 27.6 Å². The first-order chi connectivity index (χ1) is 15.5. The lowest BCUT2D eigenvalue weighted by Crippen LogP contribution is -2.42. The van der Waals surface area contributed by atoms with Crippen molar-refractivity contribution in [2.24, 2.45) is 5.73 Å². The minimum atomic E-state index is -3.22. The Labute approximate surface area is 192 Å². The second-order valence-electron chi connectivity index (χ2n) is 9.31. The Kier molecular flexibility index (Phi) is 6.18. The number of carbonyl (C=O) groups is 1. The first-order valence-electron chi connectivity index (χ1n) is 11.1. The standard InChI is InChI=1S/C21H30N6O5S/c1-21(30)7-3-4-16(21)27-18-14(10-13(19(27)29)11-17(22)28)12-23-20(25-18)24-15-5-8-26(9-6-15)33(2,31)32/h10,12,15-16,30H,3-9,11H2,1-2H3,(H2,22,28)(H,23,24,25)/t16-,21-/m0/s1. The van der Waals surface area contributed by atoms with E-state index in [2.05, 4.69) is 15.3 Å². The van der Waals surface area contributed by atoms with Crippen molar-refractivity contribution in [2.75, 3.05) is 24.7 Å². The minimum absolute atomic E-state index is 0.00987. The van der Waals surface area contributed by atoms with Gasteiger partial charge in [0.05, 0.1) is 24.3 Å². The lowest BCUT2D eigenvalue weighted by Gasteiger charge is -2.31. The van der Waals surface area contributed by atoms with Crippen molar-refractivity contribution in [1.82, 2.24) is 18.8 Å². The van der Waals surface area contributed by atoms with Crippen molar-refractivity contribution in [3.63, 3.8) is 0 Å². The SMILES string of the molecule is C[C@]1(O)CCC[C@@H]1n1c(=O)c(CC(N)=O)cc2cnc(NC3CCN(S(C)(=O)=O)CC3)nc21. The van der Waals surface area contributed by atoms with Crippen LogP contribution in [0, 0.1) is 0 Å². The van der Waals surface area contributed by atoms with E-state index in [1.807, 2.05) is 0 Å². The molecule has 4 rings (SSSR count). The molecule has 0 unspecified atom stereocenters. The van der Waals surface area contributed by atoms with Crippen molar-refractivity contribution >= 4 is 32.9 Å². The van der Waals surface area contributed by atoms with E-state index >= 15 is 0 Å². The zero-order valence-electron chi connectivity index (χ0n) is 18.8. The average Bonchev–Trinajstić information content (AvgIpc) is 3.07. The number of nitrogens with zero attached hydrogens (tertiary/aromatic N) is 4. The lowest BCUT2D eigenvalue weighted by molar-refractivity contribution is -0.117. The summed E-state index contributed by atoms with van der Waals surface area (Å²) in [5.74, 6) is -0.287. The first kappa shape index (κ1) is 23.6. The van der Waals surface area contributed by atoms with E-state index in [1.54, 1.807) is 19.2 Å². The molecular weight excluding hydrogens is 448 g/mol. The summed E-state index contributed by atoms with van der Waals surface area (Å²) in [6.45, 7) is 2.53. The van der Waals surface area contributed by atoms with Crippen LogP contribution in [0.4, 0.5) is 5.95 Å². The van der Waals surface area contributed by atoms with Crippen LogP contribution in [0.5, 0.6) is 0 Å². The number of fused-ring (bicyclic) bond motifs is 1. The maximum Gasteiger partial charge on any atom is 0.256 e. The normalized spacial score (nSPS) is 24.9. The van der Waals surface area contributed by atoms with E-state index in [9.17, 15) is 23.1 Å². The van der Waals surface area contributed by atoms with Crippen LogP contribution < -0.4 is 16.6 Å². The third-order valence-corrected chi connectivity index (χ3v) is 7.96. The molecule has 3 heterocycles. The van der Waals surface area contributed by atoms with Gasteiger partial charge in [-0.25, -0.2) is 17.7 Å². The molecule has 1 saturated heterocycles. The van der Waals surface area contributed by atoms with Crippen molar-refractivity contribution in [3.8, 4) is 0 Å². The number of nitrogens with two attached hydrogens (primary N) is 1. The van der Waals surface area contributed by atoms with Gasteiger partial charge >= 0.3 is 0 Å². The highest BCUT2D eigenvalue weighted by molar-refractivity contribution is 7.88. The average molecular weight is 479 g/mol. The molecule has 1 saturated carbocycles. The smallest absolute Gasteiger partial charge is 0.256 e. The predicted octanol–water partition coefficient (Wildman–Crippen LogP) is 0.131. The van der Waals surface area contributed by atoms with Gasteiger partial charge in [0.2, 0.25) is 21.9 Å². The summed E-state index contributed by atoms with van der Waals surface area (Å²) >= 11 is 0. The first-order valence-corrected chi connectivity index (χ1v) is 12.9. The largest absolute Gasteiger partial charge is 0.388 e. The summed E-state index contributed by atoms with van der Waals surface area (Å²) in [6.07, 6.45) is 5.73. The van der Waals surface area contributed by atoms with Crippen LogP contribution in [0.2, 0.25) is 0 Å². The number of carbonyl (C=O) groups excluding carboxylic acids is 1. The molecule has 180 valence electrons. The van der Waals surface area contributed by atoms with Crippen LogP contribution in [-0.2, 0) is 21.2 Å². The maximum absolute atomic E-state index is 13.3. The second-order valence-corrected chi connectivity index (χ2v) is 11.3. The number of pyridine rings is 1. The fraction of sp³-hybridized carbons (Fsp3) is 0.619. The number of primary amides is 1. The van der Waals surface area contributed by atoms with Crippen molar-refractivity contribution in [3.05, 3.63) is 28.2 Å². The molecule has 1 aliphatic heterocycles. The molecule has 1 aliphatic carbocycles. The van der Waals surface area contributed by atoms with Crippen LogP contribution in [-0.4, -0.2) is 69.3 Å². The fourth-order valence-electron chi connectivity index (χ4n) is 4.90. The van der Waals surface area contributed by atoms with Gasteiger partial charge in [-0.1, -0.05) is 0 Å². The Morgan fingerprint density at radius 1 is 1.33 bits per heavy atom. The topological polar surface area (TPSA) is 161 Å². The van der Waals surface area contributed by atoms with Gasteiger partial charge in [0, 0.05) is 36.3 Å². The van der Waals surface area contributed by atoms with Crippen LogP contribution in [0.3, 0.4) is 0 Å². The van der Waals surface area contributed by atoms with Gasteiger partial charge < -0.3 is 16.2 Å². The molecule has 33 heavy (non-hydrogen) atoms. The summed E-state index contributed by atoms with van der Waals surface area (Å²) in [4.78, 5) is 33.8. The third kappa shape index (κ3) is 4.87. The summed E-state index contributed by atoms with van der Waals surface area (Å²) in [5.41, 5.74) is 4.49. The monoisotopic (exact) mass is 478 g/mol. The molecule has 1 amide bonds.